The van der Waals surface area contributed by atoms with Gasteiger partial charge in [0, 0.05) is 56.1 Å². The predicted octanol–water partition coefficient (Wildman–Crippen LogP) is 1.85. The molecular weight excluding hydrogens is 314 g/mol. The molecule has 4 bridgehead atoms. The molecule has 3 N–H and O–H groups in total. The van der Waals surface area contributed by atoms with Crippen molar-refractivity contribution in [2.45, 2.75) is 13.8 Å². The van der Waals surface area contributed by atoms with Crippen molar-refractivity contribution in [2.24, 2.45) is 11.3 Å². The molecule has 6 nitrogen and oxygen atoms in total. The van der Waals surface area contributed by atoms with Crippen LogP contribution in [0.3, 0.4) is 0 Å². The summed E-state index contributed by atoms with van der Waals surface area (Å²) in [5.41, 5.74) is 9.68. The van der Waals surface area contributed by atoms with Gasteiger partial charge in [-0.2, -0.15) is 0 Å². The van der Waals surface area contributed by atoms with Crippen LogP contribution in [0.1, 0.15) is 13.8 Å². The predicted molar refractivity (Wildman–Crippen MR) is 98.9 cm³/mol. The minimum Gasteiger partial charge on any atom is -0.307 e. The summed E-state index contributed by atoms with van der Waals surface area (Å²) in [7, 11) is 0. The molecule has 4 heterocycles. The highest BCUT2D eigenvalue weighted by Crippen LogP contribution is 2.45. The summed E-state index contributed by atoms with van der Waals surface area (Å²) in [5.74, 6) is 0.507. The molecular formula is C19H27N5O. The van der Waals surface area contributed by atoms with Crippen molar-refractivity contribution >= 4 is 11.7 Å². The van der Waals surface area contributed by atoms with Crippen molar-refractivity contribution in [3.05, 3.63) is 41.6 Å². The van der Waals surface area contributed by atoms with E-state index in [1.807, 2.05) is 30.3 Å². The summed E-state index contributed by atoms with van der Waals surface area (Å²) in [5, 5.41) is 2.86. The monoisotopic (exact) mass is 341 g/mol. The molecule has 0 aliphatic carbocycles. The van der Waals surface area contributed by atoms with Crippen LogP contribution in [0.15, 0.2) is 41.6 Å². The number of carbonyl (C=O) groups is 1. The summed E-state index contributed by atoms with van der Waals surface area (Å²) in [6, 6.07) is 9.28. The van der Waals surface area contributed by atoms with Crippen molar-refractivity contribution in [3.63, 3.8) is 0 Å². The van der Waals surface area contributed by atoms with Crippen molar-refractivity contribution in [3.8, 4) is 0 Å². The lowest BCUT2D eigenvalue weighted by atomic mass is 9.69. The first-order chi connectivity index (χ1) is 12.1. The Hall–Kier alpha value is -2.05. The zero-order valence-electron chi connectivity index (χ0n) is 15.0. The molecule has 0 aromatic heterocycles. The van der Waals surface area contributed by atoms with Gasteiger partial charge in [0.25, 0.3) is 0 Å². The minimum absolute atomic E-state index is 0.0718. The molecule has 2 fully saturated rings. The average Bonchev–Trinajstić information content (AvgIpc) is 2.83. The smallest absolute Gasteiger partial charge is 0.307 e. The molecule has 0 spiro atoms. The molecule has 2 atom stereocenters. The van der Waals surface area contributed by atoms with Gasteiger partial charge in [-0.05, 0) is 23.6 Å². The number of hydrogen-bond donors (Lipinski definition) is 3. The number of nitrogens with one attached hydrogen (secondary N) is 3. The second-order valence-electron chi connectivity index (χ2n) is 7.78. The number of hydrogen-bond acceptors (Lipinski definition) is 4. The van der Waals surface area contributed by atoms with Crippen LogP contribution in [0.25, 0.3) is 0 Å². The molecule has 4 aliphatic rings. The summed E-state index contributed by atoms with van der Waals surface area (Å²) < 4.78 is 0. The minimum atomic E-state index is -0.231. The third kappa shape index (κ3) is 3.00. The first-order valence-electron chi connectivity index (χ1n) is 9.12. The van der Waals surface area contributed by atoms with E-state index in [4.69, 9.17) is 0 Å². The summed E-state index contributed by atoms with van der Waals surface area (Å²) in [4.78, 5) is 17.4. The number of hydrazine groups is 1. The van der Waals surface area contributed by atoms with Crippen molar-refractivity contribution in [2.75, 3.05) is 44.6 Å². The van der Waals surface area contributed by atoms with E-state index >= 15 is 0 Å². The number of nitrogens with zero attached hydrogens (tertiary/aromatic N) is 2. The Morgan fingerprint density at radius 2 is 1.72 bits per heavy atom. The van der Waals surface area contributed by atoms with Gasteiger partial charge in [0.2, 0.25) is 0 Å². The third-order valence-corrected chi connectivity index (χ3v) is 5.86. The third-order valence-electron chi connectivity index (χ3n) is 5.86. The van der Waals surface area contributed by atoms with Crippen molar-refractivity contribution in [1.29, 1.82) is 0 Å². The Bertz CT molecular complexity index is 666. The van der Waals surface area contributed by atoms with E-state index in [9.17, 15) is 4.79 Å². The van der Waals surface area contributed by atoms with Gasteiger partial charge in [-0.1, -0.05) is 32.0 Å². The highest BCUT2D eigenvalue weighted by molar-refractivity contribution is 5.88. The maximum atomic E-state index is 12.3. The molecule has 6 heteroatoms. The van der Waals surface area contributed by atoms with Gasteiger partial charge in [-0.25, -0.2) is 4.79 Å². The number of fused-ring (bicyclic) bond motifs is 1. The first-order valence-corrected chi connectivity index (χ1v) is 9.12. The topological polar surface area (TPSA) is 59.6 Å². The lowest BCUT2D eigenvalue weighted by Crippen LogP contribution is -2.59. The molecule has 2 unspecified atom stereocenters. The van der Waals surface area contributed by atoms with E-state index in [0.717, 1.165) is 45.0 Å². The number of rotatable bonds is 4. The summed E-state index contributed by atoms with van der Waals surface area (Å²) in [6.45, 7) is 11.0. The fraction of sp³-hybridized carbons (Fsp3) is 0.526. The van der Waals surface area contributed by atoms with E-state index in [2.05, 4.69) is 39.8 Å². The standard InChI is InChI=1S/C19H27N5O/c1-14(2)19-12-23-8-9-24(13-19)11-15(10-23)17(19)21-22-18(25)20-16-6-4-3-5-7-16/h3-7,14,21H,8-13H2,1-2H3,(H2,20,22,25). The number of carbonyl (C=O) groups excluding carboxylic acids is 1. The van der Waals surface area contributed by atoms with Gasteiger partial charge >= 0.3 is 6.03 Å². The van der Waals surface area contributed by atoms with Crippen LogP contribution in [0.4, 0.5) is 10.5 Å². The maximum Gasteiger partial charge on any atom is 0.337 e. The number of urea groups is 1. The fourth-order valence-electron chi connectivity index (χ4n) is 4.49. The van der Waals surface area contributed by atoms with E-state index in [0.29, 0.717) is 5.92 Å². The lowest BCUT2D eigenvalue weighted by Gasteiger charge is -2.51. The molecule has 2 saturated heterocycles. The van der Waals surface area contributed by atoms with Gasteiger partial charge < -0.3 is 10.7 Å². The number of para-hydroxylation sites is 1. The van der Waals surface area contributed by atoms with Gasteiger partial charge in [0.05, 0.1) is 0 Å². The van der Waals surface area contributed by atoms with E-state index in [-0.39, 0.29) is 11.4 Å². The van der Waals surface area contributed by atoms with E-state index in [1.54, 1.807) is 0 Å². The van der Waals surface area contributed by atoms with Crippen molar-refractivity contribution in [1.82, 2.24) is 20.7 Å². The molecule has 0 radical (unpaired) electrons. The number of anilines is 1. The molecule has 1 aromatic rings. The second kappa shape index (κ2) is 6.35. The Balaban J connectivity index is 1.51. The molecule has 25 heavy (non-hydrogen) atoms. The molecule has 1 aromatic carbocycles. The SMILES string of the molecule is CC(C)C12CN3CCN(CC(=C1NNC(=O)Nc1ccccc1)C3)C2. The fourth-order valence-corrected chi connectivity index (χ4v) is 4.49. The molecule has 0 saturated carbocycles. The van der Waals surface area contributed by atoms with Gasteiger partial charge in [-0.3, -0.25) is 15.2 Å². The molecule has 5 rings (SSSR count). The Labute approximate surface area is 149 Å². The van der Waals surface area contributed by atoms with Crippen LogP contribution in [-0.4, -0.2) is 55.1 Å². The second-order valence-corrected chi connectivity index (χ2v) is 7.78. The molecule has 2 amide bonds. The summed E-state index contributed by atoms with van der Waals surface area (Å²) in [6.07, 6.45) is 0. The van der Waals surface area contributed by atoms with Gasteiger partial charge in [0.15, 0.2) is 0 Å². The molecule has 4 aliphatic heterocycles. The van der Waals surface area contributed by atoms with Gasteiger partial charge in [-0.15, -0.1) is 0 Å². The van der Waals surface area contributed by atoms with Crippen LogP contribution in [0.5, 0.6) is 0 Å². The summed E-state index contributed by atoms with van der Waals surface area (Å²) >= 11 is 0. The highest BCUT2D eigenvalue weighted by Gasteiger charge is 2.50. The number of benzene rings is 1. The highest BCUT2D eigenvalue weighted by atomic mass is 16.2. The van der Waals surface area contributed by atoms with E-state index in [1.165, 1.54) is 11.3 Å². The Morgan fingerprint density at radius 3 is 2.32 bits per heavy atom. The maximum absolute atomic E-state index is 12.3. The zero-order chi connectivity index (χ0) is 17.4. The van der Waals surface area contributed by atoms with Crippen LogP contribution in [0.2, 0.25) is 0 Å². The van der Waals surface area contributed by atoms with Crippen LogP contribution in [0, 0.1) is 11.3 Å². The Morgan fingerprint density at radius 1 is 1.08 bits per heavy atom. The van der Waals surface area contributed by atoms with Crippen LogP contribution >= 0.6 is 0 Å². The zero-order valence-corrected chi connectivity index (χ0v) is 15.0. The van der Waals surface area contributed by atoms with Crippen molar-refractivity contribution < 1.29 is 4.79 Å². The van der Waals surface area contributed by atoms with E-state index < -0.39 is 0 Å². The normalized spacial score (nSPS) is 30.4. The average molecular weight is 341 g/mol. The van der Waals surface area contributed by atoms with Crippen LogP contribution < -0.4 is 16.2 Å². The Kier molecular flexibility index (Phi) is 4.17. The lowest BCUT2D eigenvalue weighted by molar-refractivity contribution is 0.0869. The number of amides is 2. The first kappa shape index (κ1) is 16.4. The van der Waals surface area contributed by atoms with Crippen LogP contribution in [-0.2, 0) is 0 Å². The molecule has 134 valence electrons. The van der Waals surface area contributed by atoms with Gasteiger partial charge in [0.1, 0.15) is 0 Å². The quantitative estimate of drug-likeness (QED) is 0.732. The largest absolute Gasteiger partial charge is 0.337 e.